The zero-order valence-electron chi connectivity index (χ0n) is 11.2. The summed E-state index contributed by atoms with van der Waals surface area (Å²) in [5.74, 6) is 0.929. The summed E-state index contributed by atoms with van der Waals surface area (Å²) < 4.78 is 0. The van der Waals surface area contributed by atoms with E-state index < -0.39 is 0 Å². The standard InChI is InChI=1S/C13H27N3O/c1-3-6-15-13(17)10-16-7-5-11(4-2)8-12(16)9-14/h11-12H,3-10,14H2,1-2H3,(H,15,17). The summed E-state index contributed by atoms with van der Waals surface area (Å²) in [6.45, 7) is 7.27. The maximum absolute atomic E-state index is 11.7. The third-order valence-electron chi connectivity index (χ3n) is 3.71. The van der Waals surface area contributed by atoms with Gasteiger partial charge in [-0.05, 0) is 31.7 Å². The fourth-order valence-electron chi connectivity index (χ4n) is 2.51. The van der Waals surface area contributed by atoms with Gasteiger partial charge in [-0.2, -0.15) is 0 Å². The SMILES string of the molecule is CCCNC(=O)CN1CCC(CC)CC1CN. The Hall–Kier alpha value is -0.610. The van der Waals surface area contributed by atoms with Gasteiger partial charge >= 0.3 is 0 Å². The van der Waals surface area contributed by atoms with Crippen molar-refractivity contribution in [2.24, 2.45) is 11.7 Å². The summed E-state index contributed by atoms with van der Waals surface area (Å²) in [5, 5.41) is 2.93. The van der Waals surface area contributed by atoms with Crippen molar-refractivity contribution in [3.63, 3.8) is 0 Å². The number of nitrogens with two attached hydrogens (primary N) is 1. The van der Waals surface area contributed by atoms with Crippen molar-refractivity contribution < 1.29 is 4.79 Å². The van der Waals surface area contributed by atoms with E-state index >= 15 is 0 Å². The van der Waals surface area contributed by atoms with Crippen LogP contribution in [0.5, 0.6) is 0 Å². The maximum Gasteiger partial charge on any atom is 0.234 e. The fraction of sp³-hybridized carbons (Fsp3) is 0.923. The molecule has 3 N–H and O–H groups in total. The quantitative estimate of drug-likeness (QED) is 0.728. The van der Waals surface area contributed by atoms with Crippen molar-refractivity contribution in [1.29, 1.82) is 0 Å². The monoisotopic (exact) mass is 241 g/mol. The molecule has 1 heterocycles. The Morgan fingerprint density at radius 3 is 2.82 bits per heavy atom. The van der Waals surface area contributed by atoms with Gasteiger partial charge in [0.1, 0.15) is 0 Å². The molecule has 17 heavy (non-hydrogen) atoms. The Labute approximate surface area is 105 Å². The first kappa shape index (κ1) is 14.5. The highest BCUT2D eigenvalue weighted by Crippen LogP contribution is 2.24. The van der Waals surface area contributed by atoms with Crippen LogP contribution in [0.3, 0.4) is 0 Å². The van der Waals surface area contributed by atoms with Crippen LogP contribution < -0.4 is 11.1 Å². The van der Waals surface area contributed by atoms with Crippen molar-refractivity contribution in [3.05, 3.63) is 0 Å². The number of rotatable bonds is 6. The predicted octanol–water partition coefficient (Wildman–Crippen LogP) is 0.962. The molecule has 1 aliphatic rings. The summed E-state index contributed by atoms with van der Waals surface area (Å²) in [6, 6.07) is 0.390. The Morgan fingerprint density at radius 2 is 2.24 bits per heavy atom. The molecule has 0 aromatic rings. The minimum Gasteiger partial charge on any atom is -0.355 e. The largest absolute Gasteiger partial charge is 0.355 e. The van der Waals surface area contributed by atoms with Crippen LogP contribution in [0.25, 0.3) is 0 Å². The molecule has 4 heteroatoms. The van der Waals surface area contributed by atoms with Gasteiger partial charge in [0.05, 0.1) is 6.54 Å². The van der Waals surface area contributed by atoms with Crippen LogP contribution in [-0.2, 0) is 4.79 Å². The van der Waals surface area contributed by atoms with E-state index in [1.807, 2.05) is 0 Å². The van der Waals surface area contributed by atoms with Gasteiger partial charge in [-0.1, -0.05) is 20.3 Å². The van der Waals surface area contributed by atoms with Crippen LogP contribution in [-0.4, -0.2) is 43.0 Å². The molecular weight excluding hydrogens is 214 g/mol. The number of hydrogen-bond acceptors (Lipinski definition) is 3. The third kappa shape index (κ3) is 4.64. The summed E-state index contributed by atoms with van der Waals surface area (Å²) in [6.07, 6.45) is 4.57. The Morgan fingerprint density at radius 1 is 1.47 bits per heavy atom. The van der Waals surface area contributed by atoms with Gasteiger partial charge in [0.25, 0.3) is 0 Å². The maximum atomic E-state index is 11.7. The third-order valence-corrected chi connectivity index (χ3v) is 3.71. The van der Waals surface area contributed by atoms with E-state index in [0.29, 0.717) is 19.1 Å². The lowest BCUT2D eigenvalue weighted by atomic mass is 9.89. The Balaban J connectivity index is 2.39. The number of likely N-dealkylation sites (tertiary alicyclic amines) is 1. The van der Waals surface area contributed by atoms with E-state index in [9.17, 15) is 4.79 Å². The summed E-state index contributed by atoms with van der Waals surface area (Å²) in [7, 11) is 0. The van der Waals surface area contributed by atoms with E-state index in [1.54, 1.807) is 0 Å². The van der Waals surface area contributed by atoms with Crippen molar-refractivity contribution in [2.75, 3.05) is 26.2 Å². The van der Waals surface area contributed by atoms with E-state index in [-0.39, 0.29) is 5.91 Å². The molecule has 2 atom stereocenters. The van der Waals surface area contributed by atoms with E-state index in [4.69, 9.17) is 5.73 Å². The van der Waals surface area contributed by atoms with Gasteiger partial charge < -0.3 is 11.1 Å². The van der Waals surface area contributed by atoms with E-state index in [2.05, 4.69) is 24.1 Å². The molecule has 1 saturated heterocycles. The summed E-state index contributed by atoms with van der Waals surface area (Å²) in [5.41, 5.74) is 5.81. The predicted molar refractivity (Wildman–Crippen MR) is 70.7 cm³/mol. The van der Waals surface area contributed by atoms with Gasteiger partial charge in [0.2, 0.25) is 5.91 Å². The second kappa shape index (κ2) is 7.67. The van der Waals surface area contributed by atoms with Crippen LogP contribution >= 0.6 is 0 Å². The molecule has 4 nitrogen and oxygen atoms in total. The van der Waals surface area contributed by atoms with E-state index in [0.717, 1.165) is 31.8 Å². The molecule has 0 bridgehead atoms. The average Bonchev–Trinajstić information content (AvgIpc) is 2.36. The second-order valence-electron chi connectivity index (χ2n) is 5.01. The minimum atomic E-state index is 0.139. The van der Waals surface area contributed by atoms with Gasteiger partial charge in [-0.3, -0.25) is 9.69 Å². The number of carbonyl (C=O) groups is 1. The van der Waals surface area contributed by atoms with Gasteiger partial charge in [0, 0.05) is 19.1 Å². The van der Waals surface area contributed by atoms with Crippen molar-refractivity contribution >= 4 is 5.91 Å². The molecule has 0 saturated carbocycles. The highest BCUT2D eigenvalue weighted by molar-refractivity contribution is 5.78. The zero-order chi connectivity index (χ0) is 12.7. The highest BCUT2D eigenvalue weighted by Gasteiger charge is 2.27. The molecule has 1 fully saturated rings. The highest BCUT2D eigenvalue weighted by atomic mass is 16.2. The molecule has 0 aliphatic carbocycles. The molecular formula is C13H27N3O. The van der Waals surface area contributed by atoms with Crippen molar-refractivity contribution in [1.82, 2.24) is 10.2 Å². The molecule has 0 aromatic heterocycles. The first-order valence-corrected chi connectivity index (χ1v) is 6.92. The second-order valence-corrected chi connectivity index (χ2v) is 5.01. The van der Waals surface area contributed by atoms with Crippen LogP contribution in [0, 0.1) is 5.92 Å². The van der Waals surface area contributed by atoms with Crippen molar-refractivity contribution in [3.8, 4) is 0 Å². The summed E-state index contributed by atoms with van der Waals surface area (Å²) >= 11 is 0. The Bertz CT molecular complexity index is 233. The van der Waals surface area contributed by atoms with Gasteiger partial charge in [0.15, 0.2) is 0 Å². The molecule has 1 aliphatic heterocycles. The zero-order valence-corrected chi connectivity index (χ0v) is 11.2. The van der Waals surface area contributed by atoms with Crippen LogP contribution in [0.1, 0.15) is 39.5 Å². The molecule has 1 rings (SSSR count). The first-order valence-electron chi connectivity index (χ1n) is 6.92. The number of carbonyl (C=O) groups excluding carboxylic acids is 1. The lowest BCUT2D eigenvalue weighted by Gasteiger charge is -2.38. The smallest absolute Gasteiger partial charge is 0.234 e. The number of nitrogens with zero attached hydrogens (tertiary/aromatic N) is 1. The molecule has 0 aromatic carbocycles. The Kier molecular flexibility index (Phi) is 6.52. The van der Waals surface area contributed by atoms with Crippen LogP contribution in [0.15, 0.2) is 0 Å². The molecule has 2 unspecified atom stereocenters. The topological polar surface area (TPSA) is 58.4 Å². The van der Waals surface area contributed by atoms with E-state index in [1.165, 1.54) is 12.8 Å². The van der Waals surface area contributed by atoms with Gasteiger partial charge in [-0.15, -0.1) is 0 Å². The molecule has 100 valence electrons. The van der Waals surface area contributed by atoms with Crippen LogP contribution in [0.2, 0.25) is 0 Å². The number of nitrogens with one attached hydrogen (secondary N) is 1. The van der Waals surface area contributed by atoms with Crippen LogP contribution in [0.4, 0.5) is 0 Å². The van der Waals surface area contributed by atoms with Crippen molar-refractivity contribution in [2.45, 2.75) is 45.6 Å². The number of hydrogen-bond donors (Lipinski definition) is 2. The lowest BCUT2D eigenvalue weighted by molar-refractivity contribution is -0.123. The number of piperidine rings is 1. The minimum absolute atomic E-state index is 0.139. The van der Waals surface area contributed by atoms with Gasteiger partial charge in [-0.25, -0.2) is 0 Å². The number of amides is 1. The molecule has 0 spiro atoms. The molecule has 1 amide bonds. The average molecular weight is 241 g/mol. The summed E-state index contributed by atoms with van der Waals surface area (Å²) in [4.78, 5) is 13.9. The fourth-order valence-corrected chi connectivity index (χ4v) is 2.51. The lowest BCUT2D eigenvalue weighted by Crippen LogP contribution is -2.50. The normalized spacial score (nSPS) is 25.8. The first-order chi connectivity index (χ1) is 8.21. The molecule has 0 radical (unpaired) electrons.